The lowest BCUT2D eigenvalue weighted by Crippen LogP contribution is -2.39. The molecule has 23 heavy (non-hydrogen) atoms. The summed E-state index contributed by atoms with van der Waals surface area (Å²) in [6, 6.07) is 3.90. The number of hydrogen-bond donors (Lipinski definition) is 1. The zero-order valence-electron chi connectivity index (χ0n) is 14.9. The number of ether oxygens (including phenoxy) is 1. The van der Waals surface area contributed by atoms with Gasteiger partial charge in [-0.2, -0.15) is 0 Å². The Morgan fingerprint density at radius 2 is 2.26 bits per heavy atom. The molecule has 5 heteroatoms. The number of guanidine groups is 1. The Labute approximate surface area is 140 Å². The molecule has 1 N–H and O–H groups in total. The first-order valence-corrected chi connectivity index (χ1v) is 8.28. The van der Waals surface area contributed by atoms with Gasteiger partial charge < -0.3 is 15.0 Å². The van der Waals surface area contributed by atoms with Crippen LogP contribution in [0.3, 0.4) is 0 Å². The van der Waals surface area contributed by atoms with Gasteiger partial charge in [-0.05, 0) is 39.2 Å². The second-order valence-corrected chi connectivity index (χ2v) is 5.69. The number of rotatable bonds is 9. The van der Waals surface area contributed by atoms with Gasteiger partial charge in [0.25, 0.3) is 0 Å². The molecule has 0 spiro atoms. The fourth-order valence-corrected chi connectivity index (χ4v) is 2.03. The van der Waals surface area contributed by atoms with Crippen molar-refractivity contribution < 1.29 is 4.74 Å². The standard InChI is InChI=1S/C18H30N4O/c1-6-8-9-12-22(5)18(19-7-2)21-14-16-10-11-17(20-13-16)23-15(3)4/h6,10-11,13,15H,1,7-9,12,14H2,2-5H3,(H,19,21). The van der Waals surface area contributed by atoms with Crippen molar-refractivity contribution in [3.8, 4) is 5.88 Å². The summed E-state index contributed by atoms with van der Waals surface area (Å²) in [7, 11) is 2.06. The van der Waals surface area contributed by atoms with Gasteiger partial charge in [0.05, 0.1) is 12.6 Å². The third-order valence-corrected chi connectivity index (χ3v) is 3.16. The number of allylic oxidation sites excluding steroid dienone is 1. The molecule has 0 saturated heterocycles. The Balaban J connectivity index is 2.63. The van der Waals surface area contributed by atoms with Gasteiger partial charge in [0, 0.05) is 32.4 Å². The highest BCUT2D eigenvalue weighted by Crippen LogP contribution is 2.10. The zero-order valence-corrected chi connectivity index (χ0v) is 14.9. The molecule has 0 aliphatic rings. The van der Waals surface area contributed by atoms with Crippen molar-refractivity contribution in [3.05, 3.63) is 36.5 Å². The van der Waals surface area contributed by atoms with Crippen LogP contribution >= 0.6 is 0 Å². The number of aromatic nitrogens is 1. The fraction of sp³-hybridized carbons (Fsp3) is 0.556. The highest BCUT2D eigenvalue weighted by molar-refractivity contribution is 5.79. The SMILES string of the molecule is C=CCCCN(C)C(=NCc1ccc(OC(C)C)nc1)NCC. The van der Waals surface area contributed by atoms with Crippen molar-refractivity contribution in [2.75, 3.05) is 20.1 Å². The summed E-state index contributed by atoms with van der Waals surface area (Å²) < 4.78 is 5.55. The summed E-state index contributed by atoms with van der Waals surface area (Å²) in [5, 5.41) is 3.32. The summed E-state index contributed by atoms with van der Waals surface area (Å²) in [5.41, 5.74) is 1.07. The number of aliphatic imine (C=N–C) groups is 1. The largest absolute Gasteiger partial charge is 0.475 e. The van der Waals surface area contributed by atoms with Crippen LogP contribution in [0.1, 0.15) is 39.2 Å². The zero-order chi connectivity index (χ0) is 17.1. The summed E-state index contributed by atoms with van der Waals surface area (Å²) >= 11 is 0. The molecule has 1 aromatic heterocycles. The van der Waals surface area contributed by atoms with E-state index >= 15 is 0 Å². The molecule has 1 heterocycles. The molecule has 1 rings (SSSR count). The Morgan fingerprint density at radius 3 is 2.83 bits per heavy atom. The third-order valence-electron chi connectivity index (χ3n) is 3.16. The van der Waals surface area contributed by atoms with E-state index in [0.29, 0.717) is 12.4 Å². The van der Waals surface area contributed by atoms with Crippen LogP contribution in [-0.4, -0.2) is 42.1 Å². The van der Waals surface area contributed by atoms with Gasteiger partial charge in [0.1, 0.15) is 0 Å². The topological polar surface area (TPSA) is 49.8 Å². The fourth-order valence-electron chi connectivity index (χ4n) is 2.03. The normalized spacial score (nSPS) is 11.4. The molecule has 0 bridgehead atoms. The van der Waals surface area contributed by atoms with Gasteiger partial charge in [-0.1, -0.05) is 12.1 Å². The molecule has 128 valence electrons. The minimum absolute atomic E-state index is 0.135. The molecule has 0 aromatic carbocycles. The summed E-state index contributed by atoms with van der Waals surface area (Å²) in [6.45, 7) is 12.2. The van der Waals surface area contributed by atoms with Crippen molar-refractivity contribution in [1.82, 2.24) is 15.2 Å². The Bertz CT molecular complexity index is 482. The van der Waals surface area contributed by atoms with Crippen LogP contribution in [0.25, 0.3) is 0 Å². The molecule has 1 aromatic rings. The van der Waals surface area contributed by atoms with Gasteiger partial charge in [-0.3, -0.25) is 0 Å². The Hall–Kier alpha value is -2.04. The van der Waals surface area contributed by atoms with E-state index in [1.165, 1.54) is 0 Å². The highest BCUT2D eigenvalue weighted by Gasteiger charge is 2.05. The molecule has 0 saturated carbocycles. The third kappa shape index (κ3) is 7.68. The van der Waals surface area contributed by atoms with Crippen LogP contribution < -0.4 is 10.1 Å². The number of nitrogens with zero attached hydrogens (tertiary/aromatic N) is 3. The molecule has 0 fully saturated rings. The smallest absolute Gasteiger partial charge is 0.213 e. The van der Waals surface area contributed by atoms with Crippen LogP contribution in [0, 0.1) is 0 Å². The predicted molar refractivity (Wildman–Crippen MR) is 96.9 cm³/mol. The molecular weight excluding hydrogens is 288 g/mol. The second-order valence-electron chi connectivity index (χ2n) is 5.69. The molecule has 0 atom stereocenters. The van der Waals surface area contributed by atoms with E-state index in [9.17, 15) is 0 Å². The van der Waals surface area contributed by atoms with Crippen molar-refractivity contribution in [2.24, 2.45) is 4.99 Å². The van der Waals surface area contributed by atoms with Crippen molar-refractivity contribution in [2.45, 2.75) is 46.3 Å². The van der Waals surface area contributed by atoms with Crippen molar-refractivity contribution in [3.63, 3.8) is 0 Å². The molecule has 0 aliphatic heterocycles. The van der Waals surface area contributed by atoms with Crippen molar-refractivity contribution in [1.29, 1.82) is 0 Å². The van der Waals surface area contributed by atoms with E-state index in [2.05, 4.69) is 40.7 Å². The minimum Gasteiger partial charge on any atom is -0.475 e. The van der Waals surface area contributed by atoms with Gasteiger partial charge >= 0.3 is 0 Å². The first kappa shape index (κ1) is 19.0. The molecule has 0 aliphatic carbocycles. The van der Waals surface area contributed by atoms with Crippen molar-refractivity contribution >= 4 is 5.96 Å². The van der Waals surface area contributed by atoms with Gasteiger partial charge in [0.2, 0.25) is 5.88 Å². The quantitative estimate of drug-likeness (QED) is 0.329. The van der Waals surface area contributed by atoms with E-state index < -0.39 is 0 Å². The van der Waals surface area contributed by atoms with Gasteiger partial charge in [-0.15, -0.1) is 6.58 Å². The average Bonchev–Trinajstić information content (AvgIpc) is 2.52. The number of hydrogen-bond acceptors (Lipinski definition) is 3. The lowest BCUT2D eigenvalue weighted by atomic mass is 10.3. The lowest BCUT2D eigenvalue weighted by Gasteiger charge is -2.21. The molecule has 0 radical (unpaired) electrons. The number of nitrogens with one attached hydrogen (secondary N) is 1. The van der Waals surface area contributed by atoms with E-state index in [1.54, 1.807) is 0 Å². The predicted octanol–water partition coefficient (Wildman–Crippen LogP) is 3.23. The maximum Gasteiger partial charge on any atom is 0.213 e. The van der Waals surface area contributed by atoms with Gasteiger partial charge in [-0.25, -0.2) is 9.98 Å². The first-order valence-electron chi connectivity index (χ1n) is 8.28. The maximum atomic E-state index is 5.55. The van der Waals surface area contributed by atoms with Crippen LogP contribution in [0.4, 0.5) is 0 Å². The molecule has 0 amide bonds. The number of pyridine rings is 1. The summed E-state index contributed by atoms with van der Waals surface area (Å²) in [4.78, 5) is 11.1. The second kappa shape index (κ2) is 10.6. The van der Waals surface area contributed by atoms with Crippen LogP contribution in [0.5, 0.6) is 5.88 Å². The molecule has 0 unspecified atom stereocenters. The summed E-state index contributed by atoms with van der Waals surface area (Å²) in [5.74, 6) is 1.57. The van der Waals surface area contributed by atoms with E-state index in [-0.39, 0.29) is 6.10 Å². The Kier molecular flexibility index (Phi) is 8.80. The number of unbranched alkanes of at least 4 members (excludes halogenated alkanes) is 1. The highest BCUT2D eigenvalue weighted by atomic mass is 16.5. The molecule has 5 nitrogen and oxygen atoms in total. The minimum atomic E-state index is 0.135. The van der Waals surface area contributed by atoms with E-state index in [4.69, 9.17) is 4.74 Å². The molecular formula is C18H30N4O. The van der Waals surface area contributed by atoms with Gasteiger partial charge in [0.15, 0.2) is 5.96 Å². The summed E-state index contributed by atoms with van der Waals surface area (Å²) in [6.07, 6.45) is 6.00. The van der Waals surface area contributed by atoms with E-state index in [0.717, 1.165) is 37.5 Å². The van der Waals surface area contributed by atoms with Crippen LogP contribution in [0.2, 0.25) is 0 Å². The maximum absolute atomic E-state index is 5.55. The van der Waals surface area contributed by atoms with Crippen LogP contribution in [-0.2, 0) is 6.54 Å². The van der Waals surface area contributed by atoms with E-state index in [1.807, 2.05) is 38.3 Å². The lowest BCUT2D eigenvalue weighted by molar-refractivity contribution is 0.232. The Morgan fingerprint density at radius 1 is 1.48 bits per heavy atom. The van der Waals surface area contributed by atoms with Crippen LogP contribution in [0.15, 0.2) is 36.0 Å². The average molecular weight is 318 g/mol. The monoisotopic (exact) mass is 318 g/mol. The first-order chi connectivity index (χ1) is 11.1.